The van der Waals surface area contributed by atoms with Gasteiger partial charge >= 0.3 is 6.18 Å². The highest BCUT2D eigenvalue weighted by Gasteiger charge is 2.46. The molecule has 1 amide bonds. The quantitative estimate of drug-likeness (QED) is 0.465. The van der Waals surface area contributed by atoms with E-state index in [0.717, 1.165) is 18.8 Å². The number of alkyl halides is 3. The maximum absolute atomic E-state index is 13.2. The fraction of sp³-hybridized carbons (Fsp3) is 0.600. The standard InChI is InChI=1S/C25H33ClF3N3O/c1-5-32-22(19-12-10-17(11-13-19)14-24(3,4)25(27,28)29)20(26)21(31-32)23(33)30-15-18-8-6-16(2)7-9-18/h10-13,16,18H,5-9,14-15H2,1-4H3,(H,30,33). The molecule has 182 valence electrons. The van der Waals surface area contributed by atoms with Crippen LogP contribution in [0.5, 0.6) is 0 Å². The molecule has 4 nitrogen and oxygen atoms in total. The minimum Gasteiger partial charge on any atom is -0.350 e. The van der Waals surface area contributed by atoms with Crippen molar-refractivity contribution in [2.24, 2.45) is 17.3 Å². The predicted octanol–water partition coefficient (Wildman–Crippen LogP) is 6.91. The lowest BCUT2D eigenvalue weighted by Gasteiger charge is -2.27. The van der Waals surface area contributed by atoms with Crippen LogP contribution in [0.3, 0.4) is 0 Å². The highest BCUT2D eigenvalue weighted by molar-refractivity contribution is 6.36. The topological polar surface area (TPSA) is 46.9 Å². The summed E-state index contributed by atoms with van der Waals surface area (Å²) >= 11 is 6.59. The second-order valence-corrected chi connectivity index (χ2v) is 10.3. The molecule has 1 N–H and O–H groups in total. The number of amides is 1. The van der Waals surface area contributed by atoms with Gasteiger partial charge in [-0.2, -0.15) is 18.3 Å². The molecule has 1 saturated carbocycles. The van der Waals surface area contributed by atoms with Crippen molar-refractivity contribution < 1.29 is 18.0 Å². The van der Waals surface area contributed by atoms with Crippen LogP contribution in [-0.2, 0) is 13.0 Å². The van der Waals surface area contributed by atoms with E-state index in [1.165, 1.54) is 26.7 Å². The summed E-state index contributed by atoms with van der Waals surface area (Å²) in [6.45, 7) is 7.67. The van der Waals surface area contributed by atoms with Crippen LogP contribution in [0.4, 0.5) is 13.2 Å². The number of rotatable bonds is 7. The molecule has 0 unspecified atom stereocenters. The lowest BCUT2D eigenvalue weighted by Crippen LogP contribution is -2.34. The third-order valence-electron chi connectivity index (χ3n) is 6.74. The van der Waals surface area contributed by atoms with Crippen LogP contribution in [0.2, 0.25) is 5.02 Å². The van der Waals surface area contributed by atoms with Gasteiger partial charge in [0.1, 0.15) is 0 Å². The Morgan fingerprint density at radius 3 is 2.30 bits per heavy atom. The number of hydrogen-bond donors (Lipinski definition) is 1. The Bertz CT molecular complexity index is 959. The maximum Gasteiger partial charge on any atom is 0.394 e. The molecule has 0 spiro atoms. The molecular formula is C25H33ClF3N3O. The molecule has 33 heavy (non-hydrogen) atoms. The predicted molar refractivity (Wildman–Crippen MR) is 125 cm³/mol. The van der Waals surface area contributed by atoms with Crippen molar-refractivity contribution in [2.45, 2.75) is 72.5 Å². The lowest BCUT2D eigenvalue weighted by atomic mass is 9.83. The molecule has 2 aromatic rings. The monoisotopic (exact) mass is 483 g/mol. The Morgan fingerprint density at radius 2 is 1.76 bits per heavy atom. The largest absolute Gasteiger partial charge is 0.394 e. The number of aromatic nitrogens is 2. The Labute approximate surface area is 198 Å². The third kappa shape index (κ3) is 5.92. The first-order valence-corrected chi connectivity index (χ1v) is 12.0. The van der Waals surface area contributed by atoms with Gasteiger partial charge in [0.15, 0.2) is 5.69 Å². The SMILES string of the molecule is CCn1nc(C(=O)NCC2CCC(C)CC2)c(Cl)c1-c1ccc(CC(C)(C)C(F)(F)F)cc1. The molecule has 1 aromatic carbocycles. The van der Waals surface area contributed by atoms with E-state index in [-0.39, 0.29) is 23.0 Å². The van der Waals surface area contributed by atoms with Gasteiger partial charge in [0.05, 0.1) is 16.1 Å². The van der Waals surface area contributed by atoms with Crippen molar-refractivity contribution >= 4 is 17.5 Å². The Balaban J connectivity index is 1.75. The fourth-order valence-corrected chi connectivity index (χ4v) is 4.67. The third-order valence-corrected chi connectivity index (χ3v) is 7.09. The first-order chi connectivity index (χ1) is 15.4. The second kappa shape index (κ2) is 10.1. The van der Waals surface area contributed by atoms with E-state index in [0.29, 0.717) is 35.8 Å². The average Bonchev–Trinajstić information content (AvgIpc) is 3.09. The van der Waals surface area contributed by atoms with Crippen LogP contribution in [0.15, 0.2) is 24.3 Å². The highest BCUT2D eigenvalue weighted by Crippen LogP contribution is 2.40. The Morgan fingerprint density at radius 1 is 1.15 bits per heavy atom. The maximum atomic E-state index is 13.2. The van der Waals surface area contributed by atoms with Gasteiger partial charge in [-0.1, -0.05) is 69.5 Å². The van der Waals surface area contributed by atoms with Crippen LogP contribution < -0.4 is 5.32 Å². The minimum atomic E-state index is -4.28. The molecule has 0 radical (unpaired) electrons. The van der Waals surface area contributed by atoms with E-state index in [1.807, 2.05) is 6.92 Å². The van der Waals surface area contributed by atoms with Crippen LogP contribution in [0.1, 0.15) is 69.4 Å². The number of carbonyl (C=O) groups excluding carboxylic acids is 1. The van der Waals surface area contributed by atoms with Crippen molar-refractivity contribution in [3.63, 3.8) is 0 Å². The van der Waals surface area contributed by atoms with E-state index >= 15 is 0 Å². The van der Waals surface area contributed by atoms with Gasteiger partial charge in [0.2, 0.25) is 0 Å². The summed E-state index contributed by atoms with van der Waals surface area (Å²) in [5.74, 6) is 0.931. The number of nitrogens with one attached hydrogen (secondary N) is 1. The number of halogens is 4. The molecule has 1 heterocycles. The number of nitrogens with zero attached hydrogens (tertiary/aromatic N) is 2. The van der Waals surface area contributed by atoms with Crippen molar-refractivity contribution in [1.82, 2.24) is 15.1 Å². The molecule has 8 heteroatoms. The van der Waals surface area contributed by atoms with E-state index in [4.69, 9.17) is 11.6 Å². The van der Waals surface area contributed by atoms with Gasteiger partial charge in [-0.05, 0) is 43.6 Å². The normalized spacial score (nSPS) is 19.5. The molecule has 1 aromatic heterocycles. The van der Waals surface area contributed by atoms with E-state index in [1.54, 1.807) is 28.9 Å². The van der Waals surface area contributed by atoms with Crippen molar-refractivity contribution in [3.8, 4) is 11.3 Å². The Kier molecular flexibility index (Phi) is 7.82. The van der Waals surface area contributed by atoms with Gasteiger partial charge in [0, 0.05) is 18.7 Å². The van der Waals surface area contributed by atoms with Gasteiger partial charge in [-0.25, -0.2) is 0 Å². The first kappa shape index (κ1) is 25.6. The molecule has 1 aliphatic carbocycles. The number of carbonyl (C=O) groups is 1. The molecule has 1 aliphatic rings. The number of benzene rings is 1. The van der Waals surface area contributed by atoms with E-state index in [9.17, 15) is 18.0 Å². The van der Waals surface area contributed by atoms with Gasteiger partial charge in [-0.15, -0.1) is 0 Å². The Hall–Kier alpha value is -2.02. The molecule has 0 bridgehead atoms. The highest BCUT2D eigenvalue weighted by atomic mass is 35.5. The fourth-order valence-electron chi connectivity index (χ4n) is 4.33. The van der Waals surface area contributed by atoms with Crippen LogP contribution in [0.25, 0.3) is 11.3 Å². The number of aryl methyl sites for hydroxylation is 1. The summed E-state index contributed by atoms with van der Waals surface area (Å²) in [7, 11) is 0. The van der Waals surface area contributed by atoms with E-state index < -0.39 is 11.6 Å². The molecule has 0 atom stereocenters. The smallest absolute Gasteiger partial charge is 0.350 e. The van der Waals surface area contributed by atoms with Crippen molar-refractivity contribution in [2.75, 3.05) is 6.54 Å². The summed E-state index contributed by atoms with van der Waals surface area (Å²) in [6.07, 6.45) is 0.194. The zero-order valence-electron chi connectivity index (χ0n) is 19.7. The summed E-state index contributed by atoms with van der Waals surface area (Å²) in [6, 6.07) is 6.83. The molecule has 0 saturated heterocycles. The summed E-state index contributed by atoms with van der Waals surface area (Å²) < 4.78 is 41.3. The first-order valence-electron chi connectivity index (χ1n) is 11.6. The molecule has 1 fully saturated rings. The van der Waals surface area contributed by atoms with Crippen LogP contribution in [0, 0.1) is 17.3 Å². The van der Waals surface area contributed by atoms with Gasteiger partial charge < -0.3 is 5.32 Å². The van der Waals surface area contributed by atoms with Gasteiger partial charge in [-0.3, -0.25) is 9.48 Å². The summed E-state index contributed by atoms with van der Waals surface area (Å²) in [5, 5.41) is 7.66. The molecule has 3 rings (SSSR count). The summed E-state index contributed by atoms with van der Waals surface area (Å²) in [5.41, 5.74) is 0.249. The van der Waals surface area contributed by atoms with Gasteiger partial charge in [0.25, 0.3) is 5.91 Å². The molecule has 0 aliphatic heterocycles. The second-order valence-electron chi connectivity index (χ2n) is 9.92. The average molecular weight is 484 g/mol. The molecular weight excluding hydrogens is 451 g/mol. The summed E-state index contributed by atoms with van der Waals surface area (Å²) in [4.78, 5) is 12.8. The van der Waals surface area contributed by atoms with E-state index in [2.05, 4.69) is 17.3 Å². The minimum absolute atomic E-state index is 0.120. The number of hydrogen-bond acceptors (Lipinski definition) is 2. The van der Waals surface area contributed by atoms with Crippen molar-refractivity contribution in [3.05, 3.63) is 40.5 Å². The zero-order chi connectivity index (χ0) is 24.4. The van der Waals surface area contributed by atoms with Crippen molar-refractivity contribution in [1.29, 1.82) is 0 Å². The van der Waals surface area contributed by atoms with Crippen LogP contribution >= 0.6 is 11.6 Å². The lowest BCUT2D eigenvalue weighted by molar-refractivity contribution is -0.211. The van der Waals surface area contributed by atoms with Crippen LogP contribution in [-0.4, -0.2) is 28.4 Å². The zero-order valence-corrected chi connectivity index (χ0v) is 20.5.